The molecule has 0 radical (unpaired) electrons. The monoisotopic (exact) mass is 323 g/mol. The molecule has 3 amide bonds. The summed E-state index contributed by atoms with van der Waals surface area (Å²) in [6, 6.07) is 7.30. The minimum Gasteiger partial charge on any atom is -0.323 e. The van der Waals surface area contributed by atoms with Crippen LogP contribution >= 0.6 is 0 Å². The van der Waals surface area contributed by atoms with E-state index in [1.807, 2.05) is 24.3 Å². The van der Waals surface area contributed by atoms with E-state index in [2.05, 4.69) is 36.4 Å². The Balaban J connectivity index is 1.81. The highest BCUT2D eigenvalue weighted by atomic mass is 16.2. The molecule has 4 unspecified atom stereocenters. The molecule has 2 N–H and O–H groups in total. The number of nitrogens with zero attached hydrogens (tertiary/aromatic N) is 1. The fourth-order valence-corrected chi connectivity index (χ4v) is 5.91. The molecule has 5 rings (SSSR count). The number of amides is 3. The lowest BCUT2D eigenvalue weighted by Gasteiger charge is -2.43. The lowest BCUT2D eigenvalue weighted by atomic mass is 9.67. The molecule has 0 saturated heterocycles. The summed E-state index contributed by atoms with van der Waals surface area (Å²) in [6.45, 7) is 6.75. The van der Waals surface area contributed by atoms with Crippen LogP contribution in [-0.2, 0) is 10.3 Å². The van der Waals surface area contributed by atoms with E-state index < -0.39 is 11.6 Å². The van der Waals surface area contributed by atoms with E-state index in [4.69, 9.17) is 0 Å². The topological polar surface area (TPSA) is 70.6 Å². The molecule has 1 aromatic carbocycles. The van der Waals surface area contributed by atoms with Crippen LogP contribution in [-0.4, -0.2) is 17.6 Å². The normalized spacial score (nSPS) is 40.9. The predicted octanol–water partition coefficient (Wildman–Crippen LogP) is 3.07. The Hall–Kier alpha value is -2.17. The summed E-state index contributed by atoms with van der Waals surface area (Å²) in [7, 11) is 0. The quantitative estimate of drug-likeness (QED) is 0.770. The molecular formula is C19H21N3O2. The Morgan fingerprint density at radius 2 is 1.92 bits per heavy atom. The molecule has 4 atom stereocenters. The van der Waals surface area contributed by atoms with Gasteiger partial charge in [-0.15, -0.1) is 0 Å². The van der Waals surface area contributed by atoms with Crippen molar-refractivity contribution < 1.29 is 9.59 Å². The van der Waals surface area contributed by atoms with Crippen molar-refractivity contribution in [2.24, 2.45) is 27.7 Å². The highest BCUT2D eigenvalue weighted by Gasteiger charge is 2.73. The number of anilines is 1. The number of nitrogens with one attached hydrogen (secondary N) is 2. The molecule has 0 aromatic heterocycles. The molecule has 2 aliphatic carbocycles. The average Bonchev–Trinajstić information content (AvgIpc) is 3.00. The molecule has 2 heterocycles. The molecule has 4 aliphatic rings. The molecule has 24 heavy (non-hydrogen) atoms. The van der Waals surface area contributed by atoms with Gasteiger partial charge in [-0.25, -0.2) is 9.79 Å². The van der Waals surface area contributed by atoms with Gasteiger partial charge in [0.2, 0.25) is 0 Å². The molecule has 5 nitrogen and oxygen atoms in total. The number of hydrogen-bond donors (Lipinski definition) is 2. The molecule has 2 bridgehead atoms. The SMILES string of the molecule is CC12CCC(C3C1=NC(=O)NC31C(=O)Nc3ccccc31)C2(C)C. The number of hydrogen-bond acceptors (Lipinski definition) is 2. The van der Waals surface area contributed by atoms with Crippen molar-refractivity contribution in [3.63, 3.8) is 0 Å². The molecular weight excluding hydrogens is 302 g/mol. The minimum absolute atomic E-state index is 0.0214. The molecule has 1 spiro atoms. The third kappa shape index (κ3) is 1.26. The third-order valence-electron chi connectivity index (χ3n) is 7.52. The first kappa shape index (κ1) is 14.2. The average molecular weight is 323 g/mol. The number of carbonyl (C=O) groups excluding carboxylic acids is 2. The van der Waals surface area contributed by atoms with Crippen LogP contribution in [0.1, 0.15) is 39.2 Å². The maximum Gasteiger partial charge on any atom is 0.342 e. The number of urea groups is 1. The van der Waals surface area contributed by atoms with Crippen LogP contribution in [0.15, 0.2) is 29.3 Å². The summed E-state index contributed by atoms with van der Waals surface area (Å²) >= 11 is 0. The molecule has 2 aliphatic heterocycles. The van der Waals surface area contributed by atoms with E-state index in [9.17, 15) is 9.59 Å². The van der Waals surface area contributed by atoms with Gasteiger partial charge in [0.1, 0.15) is 0 Å². The molecule has 5 heteroatoms. The Kier molecular flexibility index (Phi) is 2.31. The molecule has 2 fully saturated rings. The maximum atomic E-state index is 13.1. The van der Waals surface area contributed by atoms with Crippen LogP contribution in [0.25, 0.3) is 0 Å². The summed E-state index contributed by atoms with van der Waals surface area (Å²) in [5, 5.41) is 5.95. The standard InChI is InChI=1S/C19H21N3O2/c1-17(2)11-8-9-18(17,3)14-13(11)19(22-16(24)21-14)10-6-4-5-7-12(10)20-15(19)23/h4-7,11,13H,8-9H2,1-3H3,(H,20,23)(H,22,24). The predicted molar refractivity (Wildman–Crippen MR) is 90.8 cm³/mol. The number of rotatable bonds is 0. The van der Waals surface area contributed by atoms with Gasteiger partial charge in [-0.3, -0.25) is 4.79 Å². The van der Waals surface area contributed by atoms with Crippen molar-refractivity contribution in [2.75, 3.05) is 5.32 Å². The maximum absolute atomic E-state index is 13.1. The smallest absolute Gasteiger partial charge is 0.323 e. The first-order chi connectivity index (χ1) is 11.3. The van der Waals surface area contributed by atoms with Gasteiger partial charge in [0, 0.05) is 28.3 Å². The van der Waals surface area contributed by atoms with Crippen LogP contribution in [0.2, 0.25) is 0 Å². The van der Waals surface area contributed by atoms with E-state index in [0.29, 0.717) is 5.92 Å². The van der Waals surface area contributed by atoms with Gasteiger partial charge in [-0.2, -0.15) is 0 Å². The fraction of sp³-hybridized carbons (Fsp3) is 0.526. The van der Waals surface area contributed by atoms with E-state index >= 15 is 0 Å². The second-order valence-corrected chi connectivity index (χ2v) is 8.41. The van der Waals surface area contributed by atoms with Crippen molar-refractivity contribution in [3.8, 4) is 0 Å². The molecule has 2 saturated carbocycles. The Bertz CT molecular complexity index is 843. The third-order valence-corrected chi connectivity index (χ3v) is 7.52. The van der Waals surface area contributed by atoms with Crippen LogP contribution in [0.4, 0.5) is 10.5 Å². The number of benzene rings is 1. The molecule has 1 aromatic rings. The Morgan fingerprint density at radius 1 is 1.17 bits per heavy atom. The van der Waals surface area contributed by atoms with Crippen molar-refractivity contribution in [3.05, 3.63) is 29.8 Å². The first-order valence-electron chi connectivity index (χ1n) is 8.64. The van der Waals surface area contributed by atoms with Gasteiger partial charge >= 0.3 is 6.03 Å². The number of para-hydroxylation sites is 1. The highest BCUT2D eigenvalue weighted by Crippen LogP contribution is 2.70. The minimum atomic E-state index is -1.01. The first-order valence-corrected chi connectivity index (χ1v) is 8.64. The fourth-order valence-electron chi connectivity index (χ4n) is 5.91. The largest absolute Gasteiger partial charge is 0.342 e. The Morgan fingerprint density at radius 3 is 2.71 bits per heavy atom. The number of fused-ring (bicyclic) bond motifs is 8. The zero-order valence-electron chi connectivity index (χ0n) is 14.1. The van der Waals surface area contributed by atoms with E-state index in [0.717, 1.165) is 29.8 Å². The zero-order valence-corrected chi connectivity index (χ0v) is 14.1. The van der Waals surface area contributed by atoms with Crippen molar-refractivity contribution >= 4 is 23.3 Å². The summed E-state index contributed by atoms with van der Waals surface area (Å²) in [5.74, 6) is 0.146. The van der Waals surface area contributed by atoms with Gasteiger partial charge < -0.3 is 10.6 Å². The van der Waals surface area contributed by atoms with Crippen LogP contribution in [0.5, 0.6) is 0 Å². The summed E-state index contributed by atoms with van der Waals surface area (Å²) in [6.07, 6.45) is 2.10. The second-order valence-electron chi connectivity index (χ2n) is 8.41. The van der Waals surface area contributed by atoms with Gasteiger partial charge in [0.05, 0.1) is 0 Å². The van der Waals surface area contributed by atoms with Crippen molar-refractivity contribution in [1.82, 2.24) is 5.32 Å². The van der Waals surface area contributed by atoms with Gasteiger partial charge in [-0.1, -0.05) is 39.0 Å². The van der Waals surface area contributed by atoms with Crippen LogP contribution in [0, 0.1) is 22.7 Å². The number of carbonyl (C=O) groups is 2. The van der Waals surface area contributed by atoms with Crippen LogP contribution < -0.4 is 10.6 Å². The second kappa shape index (κ2) is 3.90. The van der Waals surface area contributed by atoms with Gasteiger partial charge in [0.25, 0.3) is 5.91 Å². The summed E-state index contributed by atoms with van der Waals surface area (Å²) in [5.41, 5.74) is 1.51. The van der Waals surface area contributed by atoms with Crippen molar-refractivity contribution in [2.45, 2.75) is 39.2 Å². The number of aliphatic imine (C=N–C) groups is 1. The van der Waals surface area contributed by atoms with E-state index in [1.165, 1.54) is 0 Å². The lowest BCUT2D eigenvalue weighted by molar-refractivity contribution is -0.123. The molecule has 124 valence electrons. The van der Waals surface area contributed by atoms with Gasteiger partial charge in [0.15, 0.2) is 5.54 Å². The lowest BCUT2D eigenvalue weighted by Crippen LogP contribution is -2.62. The van der Waals surface area contributed by atoms with Crippen LogP contribution in [0.3, 0.4) is 0 Å². The summed E-state index contributed by atoms with van der Waals surface area (Å²) in [4.78, 5) is 30.0. The van der Waals surface area contributed by atoms with Gasteiger partial charge in [-0.05, 0) is 30.2 Å². The Labute approximate surface area is 140 Å². The summed E-state index contributed by atoms with van der Waals surface area (Å²) < 4.78 is 0. The zero-order chi connectivity index (χ0) is 16.9. The van der Waals surface area contributed by atoms with E-state index in [-0.39, 0.29) is 22.7 Å². The van der Waals surface area contributed by atoms with Crippen molar-refractivity contribution in [1.29, 1.82) is 0 Å². The highest BCUT2D eigenvalue weighted by molar-refractivity contribution is 6.16. The van der Waals surface area contributed by atoms with E-state index in [1.54, 1.807) is 0 Å².